The van der Waals surface area contributed by atoms with E-state index in [-0.39, 0.29) is 23.2 Å². The van der Waals surface area contributed by atoms with Gasteiger partial charge >= 0.3 is 0 Å². The van der Waals surface area contributed by atoms with Crippen LogP contribution in [0.3, 0.4) is 0 Å². The summed E-state index contributed by atoms with van der Waals surface area (Å²) >= 11 is 5.99. The van der Waals surface area contributed by atoms with Gasteiger partial charge in [0.05, 0.1) is 12.4 Å². The van der Waals surface area contributed by atoms with E-state index in [1.54, 1.807) is 6.33 Å². The van der Waals surface area contributed by atoms with E-state index >= 15 is 0 Å². The van der Waals surface area contributed by atoms with Crippen LogP contribution in [0.4, 0.5) is 5.95 Å². The highest BCUT2D eigenvalue weighted by atomic mass is 35.5. The Balaban J connectivity index is 2.06. The first kappa shape index (κ1) is 11.7. The third kappa shape index (κ3) is 1.91. The third-order valence-corrected chi connectivity index (χ3v) is 3.67. The predicted octanol–water partition coefficient (Wildman–Crippen LogP) is 1.54. The van der Waals surface area contributed by atoms with Crippen molar-refractivity contribution in [3.05, 3.63) is 11.5 Å². The van der Waals surface area contributed by atoms with Crippen molar-refractivity contribution >= 4 is 28.7 Å². The fourth-order valence-corrected chi connectivity index (χ4v) is 2.78. The minimum absolute atomic E-state index is 0.144. The Morgan fingerprint density at radius 2 is 2.22 bits per heavy atom. The van der Waals surface area contributed by atoms with Crippen molar-refractivity contribution in [1.29, 1.82) is 0 Å². The van der Waals surface area contributed by atoms with E-state index in [1.807, 2.05) is 4.57 Å². The quantitative estimate of drug-likeness (QED) is 0.765. The number of fused-ring (bicyclic) bond motifs is 1. The Morgan fingerprint density at radius 3 is 3.00 bits per heavy atom. The third-order valence-electron chi connectivity index (χ3n) is 3.41. The maximum atomic E-state index is 9.74. The van der Waals surface area contributed by atoms with Crippen LogP contribution in [0, 0.1) is 0 Å². The molecule has 3 N–H and O–H groups in total. The number of halogens is 1. The second-order valence-corrected chi connectivity index (χ2v) is 5.03. The van der Waals surface area contributed by atoms with Gasteiger partial charge in [-0.3, -0.25) is 0 Å². The molecule has 0 bridgehead atoms. The first-order valence-electron chi connectivity index (χ1n) is 5.99. The number of imidazole rings is 1. The highest BCUT2D eigenvalue weighted by molar-refractivity contribution is 6.33. The molecule has 0 aromatic carbocycles. The zero-order valence-electron chi connectivity index (χ0n) is 9.75. The number of aromatic nitrogens is 4. The highest BCUT2D eigenvalue weighted by Crippen LogP contribution is 2.31. The van der Waals surface area contributed by atoms with Crippen LogP contribution >= 0.6 is 11.6 Å². The van der Waals surface area contributed by atoms with Gasteiger partial charge in [-0.1, -0.05) is 11.6 Å². The summed E-state index contributed by atoms with van der Waals surface area (Å²) in [5.41, 5.74) is 6.82. The monoisotopic (exact) mass is 267 g/mol. The van der Waals surface area contributed by atoms with Crippen molar-refractivity contribution in [1.82, 2.24) is 19.5 Å². The second kappa shape index (κ2) is 4.37. The molecule has 0 saturated heterocycles. The summed E-state index contributed by atoms with van der Waals surface area (Å²) < 4.78 is 1.95. The van der Waals surface area contributed by atoms with Crippen LogP contribution < -0.4 is 5.73 Å². The number of aliphatic hydroxyl groups excluding tert-OH is 1. The molecule has 0 unspecified atom stereocenters. The molecular weight excluding hydrogens is 254 g/mol. The number of rotatable bonds is 1. The van der Waals surface area contributed by atoms with Crippen LogP contribution in [-0.2, 0) is 0 Å². The number of hydrogen-bond acceptors (Lipinski definition) is 5. The number of aliphatic hydroxyl groups is 1. The van der Waals surface area contributed by atoms with Gasteiger partial charge in [0.25, 0.3) is 0 Å². The molecule has 0 spiro atoms. The smallest absolute Gasteiger partial charge is 0.223 e. The molecular formula is C11H14ClN5O. The number of anilines is 1. The molecule has 3 rings (SSSR count). The first-order valence-corrected chi connectivity index (χ1v) is 6.36. The Labute approximate surface area is 109 Å². The SMILES string of the molecule is Nc1nc(Cl)c2ncn([C@H]3CCC[C@@H](O)C3)c2n1. The van der Waals surface area contributed by atoms with Gasteiger partial charge in [-0.25, -0.2) is 4.98 Å². The topological polar surface area (TPSA) is 89.8 Å². The summed E-state index contributed by atoms with van der Waals surface area (Å²) in [5.74, 6) is 0.144. The van der Waals surface area contributed by atoms with Crippen LogP contribution in [0.1, 0.15) is 31.7 Å². The lowest BCUT2D eigenvalue weighted by Gasteiger charge is -2.26. The average molecular weight is 268 g/mol. The zero-order chi connectivity index (χ0) is 12.7. The Kier molecular flexibility index (Phi) is 2.83. The number of nitrogens with zero attached hydrogens (tertiary/aromatic N) is 4. The molecule has 2 aromatic rings. The lowest BCUT2D eigenvalue weighted by molar-refractivity contribution is 0.105. The fourth-order valence-electron chi connectivity index (χ4n) is 2.56. The summed E-state index contributed by atoms with van der Waals surface area (Å²) in [5, 5.41) is 10.0. The van der Waals surface area contributed by atoms with E-state index in [4.69, 9.17) is 17.3 Å². The average Bonchev–Trinajstić information content (AvgIpc) is 2.72. The number of nitrogen functional groups attached to an aromatic ring is 1. The normalized spacial score (nSPS) is 24.6. The second-order valence-electron chi connectivity index (χ2n) is 4.67. The van der Waals surface area contributed by atoms with Gasteiger partial charge in [0.2, 0.25) is 5.95 Å². The van der Waals surface area contributed by atoms with Gasteiger partial charge in [-0.05, 0) is 25.7 Å². The lowest BCUT2D eigenvalue weighted by atomic mass is 9.93. The summed E-state index contributed by atoms with van der Waals surface area (Å²) in [6.07, 6.45) is 5.03. The van der Waals surface area contributed by atoms with E-state index in [0.717, 1.165) is 19.3 Å². The van der Waals surface area contributed by atoms with Gasteiger partial charge in [0, 0.05) is 6.04 Å². The fraction of sp³-hybridized carbons (Fsp3) is 0.545. The largest absolute Gasteiger partial charge is 0.393 e. The van der Waals surface area contributed by atoms with E-state index < -0.39 is 0 Å². The number of hydrogen-bond donors (Lipinski definition) is 2. The lowest BCUT2D eigenvalue weighted by Crippen LogP contribution is -2.22. The molecule has 6 nitrogen and oxygen atoms in total. The molecule has 2 atom stereocenters. The highest BCUT2D eigenvalue weighted by Gasteiger charge is 2.24. The van der Waals surface area contributed by atoms with Gasteiger partial charge in [0.15, 0.2) is 10.8 Å². The standard InChI is InChI=1S/C11H14ClN5O/c12-9-8-10(16-11(13)15-9)17(5-14-8)6-2-1-3-7(18)4-6/h5-7,18H,1-4H2,(H2,13,15,16)/t6-,7+/m0/s1. The van der Waals surface area contributed by atoms with E-state index in [2.05, 4.69) is 15.0 Å². The van der Waals surface area contributed by atoms with Crippen LogP contribution in [0.15, 0.2) is 6.33 Å². The first-order chi connectivity index (χ1) is 8.65. The van der Waals surface area contributed by atoms with E-state index in [9.17, 15) is 5.11 Å². The molecule has 1 aliphatic carbocycles. The number of nitrogens with two attached hydrogens (primary N) is 1. The molecule has 0 amide bonds. The minimum Gasteiger partial charge on any atom is -0.393 e. The molecule has 0 aliphatic heterocycles. The summed E-state index contributed by atoms with van der Waals surface area (Å²) in [4.78, 5) is 12.3. The molecule has 0 radical (unpaired) electrons. The van der Waals surface area contributed by atoms with E-state index in [0.29, 0.717) is 17.6 Å². The van der Waals surface area contributed by atoms with Crippen LogP contribution in [0.25, 0.3) is 11.2 Å². The van der Waals surface area contributed by atoms with Gasteiger partial charge < -0.3 is 15.4 Å². The van der Waals surface area contributed by atoms with Crippen molar-refractivity contribution in [2.75, 3.05) is 5.73 Å². The molecule has 2 aromatic heterocycles. The van der Waals surface area contributed by atoms with Crippen molar-refractivity contribution < 1.29 is 5.11 Å². The molecule has 2 heterocycles. The van der Waals surface area contributed by atoms with Crippen molar-refractivity contribution in [3.63, 3.8) is 0 Å². The molecule has 18 heavy (non-hydrogen) atoms. The van der Waals surface area contributed by atoms with Gasteiger partial charge in [-0.15, -0.1) is 0 Å². The predicted molar refractivity (Wildman–Crippen MR) is 68.3 cm³/mol. The zero-order valence-corrected chi connectivity index (χ0v) is 10.5. The minimum atomic E-state index is -0.254. The summed E-state index contributed by atoms with van der Waals surface area (Å²) in [6, 6.07) is 0.198. The van der Waals surface area contributed by atoms with Crippen LogP contribution in [0.5, 0.6) is 0 Å². The van der Waals surface area contributed by atoms with Crippen LogP contribution in [0.2, 0.25) is 5.15 Å². The molecule has 1 saturated carbocycles. The Bertz CT molecular complexity index is 584. The Hall–Kier alpha value is -1.40. The summed E-state index contributed by atoms with van der Waals surface area (Å²) in [7, 11) is 0. The molecule has 7 heteroatoms. The van der Waals surface area contributed by atoms with Crippen molar-refractivity contribution in [3.8, 4) is 0 Å². The molecule has 1 fully saturated rings. The summed E-state index contributed by atoms with van der Waals surface area (Å²) in [6.45, 7) is 0. The maximum absolute atomic E-state index is 9.74. The van der Waals surface area contributed by atoms with E-state index in [1.165, 1.54) is 0 Å². The molecule has 1 aliphatic rings. The van der Waals surface area contributed by atoms with Gasteiger partial charge in [-0.2, -0.15) is 9.97 Å². The maximum Gasteiger partial charge on any atom is 0.223 e. The van der Waals surface area contributed by atoms with Crippen LogP contribution in [-0.4, -0.2) is 30.7 Å². The van der Waals surface area contributed by atoms with Gasteiger partial charge in [0.1, 0.15) is 5.52 Å². The van der Waals surface area contributed by atoms with Crippen molar-refractivity contribution in [2.45, 2.75) is 37.8 Å². The van der Waals surface area contributed by atoms with Crippen molar-refractivity contribution in [2.24, 2.45) is 0 Å². The Morgan fingerprint density at radius 1 is 1.39 bits per heavy atom. The molecule has 96 valence electrons.